The minimum atomic E-state index is 0.280. The van der Waals surface area contributed by atoms with Crippen molar-refractivity contribution in [3.05, 3.63) is 36.3 Å². The average Bonchev–Trinajstić information content (AvgIpc) is 3.07. The Morgan fingerprint density at radius 2 is 2.32 bits per heavy atom. The summed E-state index contributed by atoms with van der Waals surface area (Å²) in [7, 11) is 0. The smallest absolute Gasteiger partial charge is 0.163 e. The van der Waals surface area contributed by atoms with Crippen molar-refractivity contribution >= 4 is 5.82 Å². The van der Waals surface area contributed by atoms with Crippen molar-refractivity contribution < 1.29 is 4.74 Å². The number of pyridine rings is 1. The summed E-state index contributed by atoms with van der Waals surface area (Å²) in [6.07, 6.45) is 7.09. The molecular weight excluding hydrogens is 276 g/mol. The number of ether oxygens (including phenoxy) is 1. The highest BCUT2D eigenvalue weighted by Gasteiger charge is 2.25. The van der Waals surface area contributed by atoms with Crippen LogP contribution in [0.2, 0.25) is 0 Å². The van der Waals surface area contributed by atoms with E-state index < -0.39 is 0 Å². The summed E-state index contributed by atoms with van der Waals surface area (Å²) in [5.74, 6) is 1.56. The molecule has 0 spiro atoms. The molecule has 0 saturated carbocycles. The molecule has 0 amide bonds. The van der Waals surface area contributed by atoms with E-state index in [9.17, 15) is 0 Å². The number of nitrogens with zero attached hydrogens (tertiary/aromatic N) is 3. The highest BCUT2D eigenvalue weighted by molar-refractivity contribution is 5.56. The standard InChI is InChI=1S/C17H22N4O/c1-3-14(15-7-5-9-22-15)20-16-10-12(2)19-17(21-16)13-6-4-8-18-11-13/h4,6,8,10-11,14-15H,3,5,7,9H2,1-2H3,(H,19,20,21). The molecule has 1 saturated heterocycles. The summed E-state index contributed by atoms with van der Waals surface area (Å²) < 4.78 is 5.81. The molecule has 2 unspecified atom stereocenters. The lowest BCUT2D eigenvalue weighted by molar-refractivity contribution is 0.0942. The molecule has 0 radical (unpaired) electrons. The molecule has 2 aromatic heterocycles. The van der Waals surface area contributed by atoms with E-state index in [1.54, 1.807) is 12.4 Å². The molecular formula is C17H22N4O. The molecule has 1 aliphatic rings. The third kappa shape index (κ3) is 3.42. The van der Waals surface area contributed by atoms with Crippen molar-refractivity contribution in [3.63, 3.8) is 0 Å². The highest BCUT2D eigenvalue weighted by atomic mass is 16.5. The first-order chi connectivity index (χ1) is 10.8. The van der Waals surface area contributed by atoms with Gasteiger partial charge in [0, 0.05) is 36.3 Å². The number of aryl methyl sites for hydroxylation is 1. The minimum absolute atomic E-state index is 0.280. The minimum Gasteiger partial charge on any atom is -0.376 e. The van der Waals surface area contributed by atoms with Gasteiger partial charge < -0.3 is 10.1 Å². The zero-order valence-electron chi connectivity index (χ0n) is 13.1. The number of rotatable bonds is 5. The Morgan fingerprint density at radius 3 is 3.00 bits per heavy atom. The average molecular weight is 298 g/mol. The third-order valence-electron chi connectivity index (χ3n) is 3.96. The van der Waals surface area contributed by atoms with Gasteiger partial charge in [-0.3, -0.25) is 4.98 Å². The maximum Gasteiger partial charge on any atom is 0.163 e. The fraction of sp³-hybridized carbons (Fsp3) is 0.471. The SMILES string of the molecule is CCC(Nc1cc(C)nc(-c2cccnc2)n1)C1CCCO1. The highest BCUT2D eigenvalue weighted by Crippen LogP contribution is 2.22. The van der Waals surface area contributed by atoms with Crippen LogP contribution < -0.4 is 5.32 Å². The molecule has 22 heavy (non-hydrogen) atoms. The molecule has 5 nitrogen and oxygen atoms in total. The number of hydrogen-bond donors (Lipinski definition) is 1. The van der Waals surface area contributed by atoms with Crippen LogP contribution in [-0.2, 0) is 4.74 Å². The molecule has 2 aromatic rings. The van der Waals surface area contributed by atoms with Gasteiger partial charge in [-0.1, -0.05) is 6.92 Å². The van der Waals surface area contributed by atoms with Gasteiger partial charge in [0.25, 0.3) is 0 Å². The summed E-state index contributed by atoms with van der Waals surface area (Å²) in [4.78, 5) is 13.3. The lowest BCUT2D eigenvalue weighted by Crippen LogP contribution is -2.32. The maximum atomic E-state index is 5.81. The van der Waals surface area contributed by atoms with Gasteiger partial charge >= 0.3 is 0 Å². The molecule has 2 atom stereocenters. The largest absolute Gasteiger partial charge is 0.376 e. The molecule has 1 fully saturated rings. The topological polar surface area (TPSA) is 59.9 Å². The fourth-order valence-corrected chi connectivity index (χ4v) is 2.83. The second-order valence-corrected chi connectivity index (χ2v) is 5.67. The van der Waals surface area contributed by atoms with E-state index in [0.717, 1.165) is 42.9 Å². The van der Waals surface area contributed by atoms with E-state index >= 15 is 0 Å². The van der Waals surface area contributed by atoms with Crippen molar-refractivity contribution in [3.8, 4) is 11.4 Å². The van der Waals surface area contributed by atoms with Crippen molar-refractivity contribution in [1.82, 2.24) is 15.0 Å². The van der Waals surface area contributed by atoms with Crippen LogP contribution in [0.25, 0.3) is 11.4 Å². The van der Waals surface area contributed by atoms with Gasteiger partial charge in [0.1, 0.15) is 5.82 Å². The van der Waals surface area contributed by atoms with E-state index in [1.807, 2.05) is 25.1 Å². The summed E-state index contributed by atoms with van der Waals surface area (Å²) in [6, 6.07) is 6.15. The van der Waals surface area contributed by atoms with Crippen molar-refractivity contribution in [1.29, 1.82) is 0 Å². The van der Waals surface area contributed by atoms with Crippen LogP contribution in [0, 0.1) is 6.92 Å². The summed E-state index contributed by atoms with van der Waals surface area (Å²) in [5.41, 5.74) is 1.87. The lowest BCUT2D eigenvalue weighted by atomic mass is 10.1. The predicted molar refractivity (Wildman–Crippen MR) is 86.7 cm³/mol. The van der Waals surface area contributed by atoms with Gasteiger partial charge in [0.2, 0.25) is 0 Å². The molecule has 3 rings (SSSR count). The zero-order chi connectivity index (χ0) is 15.4. The Hall–Kier alpha value is -2.01. The van der Waals surface area contributed by atoms with Crippen molar-refractivity contribution in [2.45, 2.75) is 45.3 Å². The number of aromatic nitrogens is 3. The van der Waals surface area contributed by atoms with Gasteiger partial charge in [-0.15, -0.1) is 0 Å². The van der Waals surface area contributed by atoms with Crippen LogP contribution in [-0.4, -0.2) is 33.7 Å². The number of hydrogen-bond acceptors (Lipinski definition) is 5. The van der Waals surface area contributed by atoms with Crippen LogP contribution in [0.1, 0.15) is 31.9 Å². The second-order valence-electron chi connectivity index (χ2n) is 5.67. The van der Waals surface area contributed by atoms with Gasteiger partial charge in [0.15, 0.2) is 5.82 Å². The summed E-state index contributed by atoms with van der Waals surface area (Å²) >= 11 is 0. The first-order valence-electron chi connectivity index (χ1n) is 7.90. The van der Waals surface area contributed by atoms with E-state index in [2.05, 4.69) is 27.2 Å². The Balaban J connectivity index is 1.83. The van der Waals surface area contributed by atoms with Crippen LogP contribution in [0.15, 0.2) is 30.6 Å². The fourth-order valence-electron chi connectivity index (χ4n) is 2.83. The van der Waals surface area contributed by atoms with Gasteiger partial charge in [0.05, 0.1) is 12.1 Å². The first-order valence-corrected chi connectivity index (χ1v) is 7.90. The van der Waals surface area contributed by atoms with E-state index in [4.69, 9.17) is 4.74 Å². The molecule has 5 heteroatoms. The monoisotopic (exact) mass is 298 g/mol. The second kappa shape index (κ2) is 6.83. The Bertz CT molecular complexity index is 611. The van der Waals surface area contributed by atoms with E-state index in [0.29, 0.717) is 11.9 Å². The Labute approximate surface area is 131 Å². The number of nitrogens with one attached hydrogen (secondary N) is 1. The quantitative estimate of drug-likeness (QED) is 0.918. The third-order valence-corrected chi connectivity index (χ3v) is 3.96. The summed E-state index contributed by atoms with van der Waals surface area (Å²) in [5, 5.41) is 3.53. The molecule has 0 bridgehead atoms. The predicted octanol–water partition coefficient (Wildman–Crippen LogP) is 3.22. The van der Waals surface area contributed by atoms with Crippen LogP contribution >= 0.6 is 0 Å². The summed E-state index contributed by atoms with van der Waals surface area (Å²) in [6.45, 7) is 5.03. The molecule has 116 valence electrons. The van der Waals surface area contributed by atoms with E-state index in [1.165, 1.54) is 0 Å². The van der Waals surface area contributed by atoms with Gasteiger partial charge in [-0.2, -0.15) is 0 Å². The molecule has 1 aliphatic heterocycles. The van der Waals surface area contributed by atoms with Crippen LogP contribution in [0.4, 0.5) is 5.82 Å². The Kier molecular flexibility index (Phi) is 4.63. The first kappa shape index (κ1) is 14.9. The van der Waals surface area contributed by atoms with Gasteiger partial charge in [-0.05, 0) is 38.3 Å². The molecule has 1 N–H and O–H groups in total. The number of anilines is 1. The molecule has 0 aromatic carbocycles. The van der Waals surface area contributed by atoms with Crippen molar-refractivity contribution in [2.75, 3.05) is 11.9 Å². The van der Waals surface area contributed by atoms with Crippen LogP contribution in [0.5, 0.6) is 0 Å². The zero-order valence-corrected chi connectivity index (χ0v) is 13.1. The van der Waals surface area contributed by atoms with Crippen molar-refractivity contribution in [2.24, 2.45) is 0 Å². The molecule has 3 heterocycles. The Morgan fingerprint density at radius 1 is 1.41 bits per heavy atom. The van der Waals surface area contributed by atoms with Crippen LogP contribution in [0.3, 0.4) is 0 Å². The lowest BCUT2D eigenvalue weighted by Gasteiger charge is -2.23. The van der Waals surface area contributed by atoms with Gasteiger partial charge in [-0.25, -0.2) is 9.97 Å². The molecule has 0 aliphatic carbocycles. The van der Waals surface area contributed by atoms with E-state index in [-0.39, 0.29) is 6.10 Å². The maximum absolute atomic E-state index is 5.81. The normalized spacial score (nSPS) is 19.1.